The summed E-state index contributed by atoms with van der Waals surface area (Å²) in [5.41, 5.74) is 1.96. The highest BCUT2D eigenvalue weighted by Crippen LogP contribution is 2.25. The van der Waals surface area contributed by atoms with Gasteiger partial charge in [0.25, 0.3) is 0 Å². The van der Waals surface area contributed by atoms with Gasteiger partial charge in [-0.15, -0.1) is 5.10 Å². The minimum atomic E-state index is 0.619. The third kappa shape index (κ3) is 3.78. The average molecular weight is 344 g/mol. The standard InChI is InChI=1S/C13H16BrClN4/c1-9(2)6-16-7-11-8-17-18-19(11)10-3-4-13(15)12(14)5-10/h3-5,8-9,16H,6-7H2,1-2H3. The molecule has 0 amide bonds. The fraction of sp³-hybridized carbons (Fsp3) is 0.385. The molecule has 1 heterocycles. The van der Waals surface area contributed by atoms with Gasteiger partial charge in [0.1, 0.15) is 0 Å². The third-order valence-corrected chi connectivity index (χ3v) is 3.84. The molecule has 19 heavy (non-hydrogen) atoms. The second-order valence-electron chi connectivity index (χ2n) is 4.76. The van der Waals surface area contributed by atoms with Crippen LogP contribution < -0.4 is 5.32 Å². The number of hydrogen-bond acceptors (Lipinski definition) is 3. The van der Waals surface area contributed by atoms with Crippen molar-refractivity contribution in [1.29, 1.82) is 0 Å². The number of hydrogen-bond donors (Lipinski definition) is 1. The van der Waals surface area contributed by atoms with Crippen molar-refractivity contribution in [3.05, 3.63) is 39.6 Å². The largest absolute Gasteiger partial charge is 0.311 e. The van der Waals surface area contributed by atoms with Gasteiger partial charge < -0.3 is 5.32 Å². The summed E-state index contributed by atoms with van der Waals surface area (Å²) < 4.78 is 2.66. The van der Waals surface area contributed by atoms with Crippen LogP contribution in [0.25, 0.3) is 5.69 Å². The molecule has 0 unspecified atom stereocenters. The van der Waals surface area contributed by atoms with Gasteiger partial charge in [-0.05, 0) is 46.6 Å². The van der Waals surface area contributed by atoms with E-state index in [1.807, 2.05) is 22.9 Å². The number of rotatable bonds is 5. The lowest BCUT2D eigenvalue weighted by molar-refractivity contribution is 0.542. The van der Waals surface area contributed by atoms with Crippen molar-refractivity contribution in [2.24, 2.45) is 5.92 Å². The number of aromatic nitrogens is 3. The Balaban J connectivity index is 2.16. The molecule has 2 aromatic rings. The van der Waals surface area contributed by atoms with Crippen molar-refractivity contribution in [3.63, 3.8) is 0 Å². The number of nitrogens with one attached hydrogen (secondary N) is 1. The van der Waals surface area contributed by atoms with E-state index >= 15 is 0 Å². The van der Waals surface area contributed by atoms with E-state index in [0.717, 1.165) is 28.9 Å². The Hall–Kier alpha value is -0.910. The maximum atomic E-state index is 6.00. The van der Waals surface area contributed by atoms with E-state index in [2.05, 4.69) is 45.4 Å². The Bertz CT molecular complexity index is 553. The summed E-state index contributed by atoms with van der Waals surface area (Å²) in [5, 5.41) is 12.2. The molecule has 1 aromatic heterocycles. The number of benzene rings is 1. The molecule has 4 nitrogen and oxygen atoms in total. The minimum Gasteiger partial charge on any atom is -0.311 e. The molecule has 0 aliphatic rings. The van der Waals surface area contributed by atoms with Crippen LogP contribution in [0.5, 0.6) is 0 Å². The van der Waals surface area contributed by atoms with Crippen molar-refractivity contribution in [2.45, 2.75) is 20.4 Å². The van der Waals surface area contributed by atoms with Gasteiger partial charge in [0.2, 0.25) is 0 Å². The second kappa shape index (κ2) is 6.50. The van der Waals surface area contributed by atoms with Crippen molar-refractivity contribution in [1.82, 2.24) is 20.3 Å². The maximum Gasteiger partial charge on any atom is 0.0783 e. The van der Waals surface area contributed by atoms with E-state index in [9.17, 15) is 0 Å². The molecule has 0 bridgehead atoms. The summed E-state index contributed by atoms with van der Waals surface area (Å²) in [6.07, 6.45) is 1.77. The van der Waals surface area contributed by atoms with Crippen molar-refractivity contribution in [2.75, 3.05) is 6.54 Å². The second-order valence-corrected chi connectivity index (χ2v) is 6.02. The van der Waals surface area contributed by atoms with Crippen LogP contribution in [0.1, 0.15) is 19.5 Å². The first kappa shape index (κ1) is 14.5. The van der Waals surface area contributed by atoms with Crippen LogP contribution in [-0.4, -0.2) is 21.5 Å². The molecule has 2 rings (SSSR count). The highest BCUT2D eigenvalue weighted by atomic mass is 79.9. The van der Waals surface area contributed by atoms with E-state index in [0.29, 0.717) is 10.9 Å². The summed E-state index contributed by atoms with van der Waals surface area (Å²) in [6.45, 7) is 6.07. The molecule has 102 valence electrons. The van der Waals surface area contributed by atoms with Crippen LogP contribution >= 0.6 is 27.5 Å². The number of halogens is 2. The Morgan fingerprint density at radius 2 is 2.21 bits per heavy atom. The van der Waals surface area contributed by atoms with Gasteiger partial charge in [-0.3, -0.25) is 0 Å². The van der Waals surface area contributed by atoms with Crippen molar-refractivity contribution in [3.8, 4) is 5.69 Å². The SMILES string of the molecule is CC(C)CNCc1cnnn1-c1ccc(Cl)c(Br)c1. The van der Waals surface area contributed by atoms with Crippen LogP contribution in [0.15, 0.2) is 28.9 Å². The van der Waals surface area contributed by atoms with Crippen LogP contribution in [0.2, 0.25) is 5.02 Å². The van der Waals surface area contributed by atoms with Gasteiger partial charge in [-0.1, -0.05) is 30.7 Å². The average Bonchev–Trinajstić information content (AvgIpc) is 2.80. The molecule has 1 N–H and O–H groups in total. The van der Waals surface area contributed by atoms with E-state index in [-0.39, 0.29) is 0 Å². The molecule has 0 aliphatic heterocycles. The molecule has 1 aromatic carbocycles. The molecule has 0 aliphatic carbocycles. The molecule has 0 fully saturated rings. The van der Waals surface area contributed by atoms with Gasteiger partial charge in [-0.2, -0.15) is 0 Å². The maximum absolute atomic E-state index is 6.00. The fourth-order valence-electron chi connectivity index (χ4n) is 1.70. The van der Waals surface area contributed by atoms with Crippen molar-refractivity contribution >= 4 is 27.5 Å². The van der Waals surface area contributed by atoms with Gasteiger partial charge in [0, 0.05) is 11.0 Å². The Labute approximate surface area is 126 Å². The van der Waals surface area contributed by atoms with E-state index in [1.54, 1.807) is 6.20 Å². The van der Waals surface area contributed by atoms with Gasteiger partial charge >= 0.3 is 0 Å². The summed E-state index contributed by atoms with van der Waals surface area (Å²) in [7, 11) is 0. The molecule has 0 spiro atoms. The first-order valence-corrected chi connectivity index (χ1v) is 7.30. The first-order valence-electron chi connectivity index (χ1n) is 6.13. The van der Waals surface area contributed by atoms with E-state index in [1.165, 1.54) is 0 Å². The van der Waals surface area contributed by atoms with Crippen LogP contribution in [0.4, 0.5) is 0 Å². The Kier molecular flexibility index (Phi) is 4.96. The lowest BCUT2D eigenvalue weighted by atomic mass is 10.2. The topological polar surface area (TPSA) is 42.7 Å². The summed E-state index contributed by atoms with van der Waals surface area (Å²) in [5.74, 6) is 0.619. The van der Waals surface area contributed by atoms with Gasteiger partial charge in [-0.25, -0.2) is 4.68 Å². The van der Waals surface area contributed by atoms with Gasteiger partial charge in [0.15, 0.2) is 0 Å². The highest BCUT2D eigenvalue weighted by Gasteiger charge is 2.08. The lowest BCUT2D eigenvalue weighted by Gasteiger charge is -2.09. The van der Waals surface area contributed by atoms with Crippen LogP contribution in [0.3, 0.4) is 0 Å². The first-order chi connectivity index (χ1) is 9.08. The summed E-state index contributed by atoms with van der Waals surface area (Å²) in [4.78, 5) is 0. The predicted molar refractivity (Wildman–Crippen MR) is 80.6 cm³/mol. The minimum absolute atomic E-state index is 0.619. The molecule has 6 heteroatoms. The zero-order chi connectivity index (χ0) is 13.8. The molecule has 0 saturated carbocycles. The lowest BCUT2D eigenvalue weighted by Crippen LogP contribution is -2.20. The van der Waals surface area contributed by atoms with E-state index < -0.39 is 0 Å². The van der Waals surface area contributed by atoms with Crippen LogP contribution in [-0.2, 0) is 6.54 Å². The van der Waals surface area contributed by atoms with E-state index in [4.69, 9.17) is 11.6 Å². The Morgan fingerprint density at radius 1 is 1.42 bits per heavy atom. The summed E-state index contributed by atoms with van der Waals surface area (Å²) >= 11 is 9.41. The molecule has 0 radical (unpaired) electrons. The quantitative estimate of drug-likeness (QED) is 0.904. The fourth-order valence-corrected chi connectivity index (χ4v) is 2.18. The molecular formula is C13H16BrClN4. The highest BCUT2D eigenvalue weighted by molar-refractivity contribution is 9.10. The predicted octanol–water partition coefficient (Wildman–Crippen LogP) is 3.43. The van der Waals surface area contributed by atoms with Gasteiger partial charge in [0.05, 0.1) is 22.6 Å². The molecular weight excluding hydrogens is 328 g/mol. The smallest absolute Gasteiger partial charge is 0.0783 e. The van der Waals surface area contributed by atoms with Crippen LogP contribution in [0, 0.1) is 5.92 Å². The summed E-state index contributed by atoms with van der Waals surface area (Å²) in [6, 6.07) is 5.70. The Morgan fingerprint density at radius 3 is 2.89 bits per heavy atom. The normalized spacial score (nSPS) is 11.2. The zero-order valence-electron chi connectivity index (χ0n) is 10.9. The number of nitrogens with zero attached hydrogens (tertiary/aromatic N) is 3. The molecule has 0 saturated heterocycles. The molecule has 0 atom stereocenters. The van der Waals surface area contributed by atoms with Crippen molar-refractivity contribution < 1.29 is 0 Å². The monoisotopic (exact) mass is 342 g/mol. The zero-order valence-corrected chi connectivity index (χ0v) is 13.2. The third-order valence-electron chi connectivity index (χ3n) is 2.63.